The number of nitrogens with one attached hydrogen (secondary N) is 1. The Morgan fingerprint density at radius 1 is 1.20 bits per heavy atom. The summed E-state index contributed by atoms with van der Waals surface area (Å²) in [6.45, 7) is 3.07. The Morgan fingerprint density at radius 3 is 2.90 bits per heavy atom. The molecule has 0 radical (unpaired) electrons. The van der Waals surface area contributed by atoms with Crippen molar-refractivity contribution in [2.75, 3.05) is 11.9 Å². The molecule has 3 rings (SSSR count). The Bertz CT molecular complexity index is 736. The summed E-state index contributed by atoms with van der Waals surface area (Å²) >= 11 is 5.18. The Hall–Kier alpha value is -1.39. The van der Waals surface area contributed by atoms with Crippen LogP contribution in [0.1, 0.15) is 11.1 Å². The Kier molecular flexibility index (Phi) is 4.03. The molecule has 0 aliphatic heterocycles. The van der Waals surface area contributed by atoms with E-state index in [1.807, 2.05) is 0 Å². The summed E-state index contributed by atoms with van der Waals surface area (Å²) in [5.41, 5.74) is 3.79. The maximum Gasteiger partial charge on any atom is 0.183 e. The van der Waals surface area contributed by atoms with Gasteiger partial charge in [-0.05, 0) is 42.7 Å². The van der Waals surface area contributed by atoms with Crippen LogP contribution in [0, 0.1) is 6.92 Å². The number of fused-ring (bicyclic) bond motifs is 1. The van der Waals surface area contributed by atoms with Gasteiger partial charge in [0.15, 0.2) is 5.13 Å². The first-order chi connectivity index (χ1) is 9.72. The lowest BCUT2D eigenvalue weighted by Gasteiger charge is -2.05. The normalized spacial score (nSPS) is 10.9. The molecule has 1 N–H and O–H groups in total. The van der Waals surface area contributed by atoms with Gasteiger partial charge in [-0.15, -0.1) is 0 Å². The fourth-order valence-electron chi connectivity index (χ4n) is 2.17. The SMILES string of the molecule is Cc1ccccc1CCNc1nc2cc(Br)ccc2s1. The van der Waals surface area contributed by atoms with Gasteiger partial charge >= 0.3 is 0 Å². The first-order valence-corrected chi connectivity index (χ1v) is 8.18. The molecule has 2 nitrogen and oxygen atoms in total. The van der Waals surface area contributed by atoms with Crippen molar-refractivity contribution in [3.63, 3.8) is 0 Å². The molecule has 0 amide bonds. The van der Waals surface area contributed by atoms with Crippen LogP contribution in [0.2, 0.25) is 0 Å². The van der Waals surface area contributed by atoms with Crippen molar-refractivity contribution >= 4 is 42.6 Å². The van der Waals surface area contributed by atoms with Crippen molar-refractivity contribution in [3.8, 4) is 0 Å². The number of halogens is 1. The minimum Gasteiger partial charge on any atom is -0.361 e. The standard InChI is InChI=1S/C16H15BrN2S/c1-11-4-2-3-5-12(11)8-9-18-16-19-14-10-13(17)6-7-15(14)20-16/h2-7,10H,8-9H2,1H3,(H,18,19). The summed E-state index contributed by atoms with van der Waals surface area (Å²) in [7, 11) is 0. The molecule has 2 aromatic carbocycles. The third-order valence-corrected chi connectivity index (χ3v) is 4.77. The molecule has 0 unspecified atom stereocenters. The molecule has 1 aromatic heterocycles. The number of rotatable bonds is 4. The molecule has 1 heterocycles. The number of thiazole rings is 1. The predicted octanol–water partition coefficient (Wildman–Crippen LogP) is 5.02. The lowest BCUT2D eigenvalue weighted by atomic mass is 10.1. The van der Waals surface area contributed by atoms with E-state index in [0.29, 0.717) is 0 Å². The van der Waals surface area contributed by atoms with E-state index in [4.69, 9.17) is 0 Å². The minimum absolute atomic E-state index is 0.909. The van der Waals surface area contributed by atoms with Crippen LogP contribution < -0.4 is 5.32 Å². The molecule has 0 aliphatic rings. The molecule has 4 heteroatoms. The highest BCUT2D eigenvalue weighted by Gasteiger charge is 2.04. The number of aryl methyl sites for hydroxylation is 1. The quantitative estimate of drug-likeness (QED) is 0.717. The van der Waals surface area contributed by atoms with Crippen LogP contribution in [-0.2, 0) is 6.42 Å². The van der Waals surface area contributed by atoms with Crippen molar-refractivity contribution in [3.05, 3.63) is 58.1 Å². The highest BCUT2D eigenvalue weighted by Crippen LogP contribution is 2.28. The van der Waals surface area contributed by atoms with Crippen LogP contribution in [0.25, 0.3) is 10.2 Å². The molecule has 0 aliphatic carbocycles. The van der Waals surface area contributed by atoms with Gasteiger partial charge in [0, 0.05) is 11.0 Å². The van der Waals surface area contributed by atoms with Gasteiger partial charge in [0.05, 0.1) is 10.2 Å². The largest absolute Gasteiger partial charge is 0.361 e. The van der Waals surface area contributed by atoms with E-state index in [9.17, 15) is 0 Å². The molecule has 3 aromatic rings. The number of aromatic nitrogens is 1. The zero-order valence-corrected chi connectivity index (χ0v) is 13.6. The van der Waals surface area contributed by atoms with E-state index >= 15 is 0 Å². The van der Waals surface area contributed by atoms with Gasteiger partial charge < -0.3 is 5.32 Å². The monoisotopic (exact) mass is 346 g/mol. The molecular weight excluding hydrogens is 332 g/mol. The summed E-state index contributed by atoms with van der Waals surface area (Å²) in [5.74, 6) is 0. The van der Waals surface area contributed by atoms with Crippen LogP contribution in [0.3, 0.4) is 0 Å². The molecule has 102 valence electrons. The zero-order chi connectivity index (χ0) is 13.9. The average molecular weight is 347 g/mol. The molecule has 0 fully saturated rings. The Labute approximate surface area is 131 Å². The van der Waals surface area contributed by atoms with E-state index in [2.05, 4.69) is 75.6 Å². The second-order valence-electron chi connectivity index (χ2n) is 4.73. The Morgan fingerprint density at radius 2 is 2.05 bits per heavy atom. The van der Waals surface area contributed by atoms with E-state index < -0.39 is 0 Å². The first-order valence-electron chi connectivity index (χ1n) is 6.57. The van der Waals surface area contributed by atoms with Crippen molar-refractivity contribution in [1.29, 1.82) is 0 Å². The molecule has 0 saturated heterocycles. The molecule has 0 bridgehead atoms. The second kappa shape index (κ2) is 5.94. The predicted molar refractivity (Wildman–Crippen MR) is 90.7 cm³/mol. The number of hydrogen-bond donors (Lipinski definition) is 1. The van der Waals surface area contributed by atoms with E-state index in [1.54, 1.807) is 11.3 Å². The smallest absolute Gasteiger partial charge is 0.183 e. The molecular formula is C16H15BrN2S. The summed E-state index contributed by atoms with van der Waals surface area (Å²) in [5, 5.41) is 4.41. The number of anilines is 1. The fourth-order valence-corrected chi connectivity index (χ4v) is 3.39. The van der Waals surface area contributed by atoms with Crippen molar-refractivity contribution in [1.82, 2.24) is 4.98 Å². The van der Waals surface area contributed by atoms with Gasteiger partial charge in [0.2, 0.25) is 0 Å². The second-order valence-corrected chi connectivity index (χ2v) is 6.68. The number of nitrogens with zero attached hydrogens (tertiary/aromatic N) is 1. The third-order valence-electron chi connectivity index (χ3n) is 3.28. The van der Waals surface area contributed by atoms with Crippen LogP contribution in [0.15, 0.2) is 46.9 Å². The van der Waals surface area contributed by atoms with Gasteiger partial charge in [0.25, 0.3) is 0 Å². The van der Waals surface area contributed by atoms with Crippen LogP contribution in [0.5, 0.6) is 0 Å². The van der Waals surface area contributed by atoms with E-state index in [-0.39, 0.29) is 0 Å². The topological polar surface area (TPSA) is 24.9 Å². The maximum atomic E-state index is 4.60. The van der Waals surface area contributed by atoms with Crippen molar-refractivity contribution in [2.24, 2.45) is 0 Å². The highest BCUT2D eigenvalue weighted by molar-refractivity contribution is 9.10. The summed E-state index contributed by atoms with van der Waals surface area (Å²) in [6, 6.07) is 14.7. The number of benzene rings is 2. The summed E-state index contributed by atoms with van der Waals surface area (Å²) in [4.78, 5) is 4.60. The van der Waals surface area contributed by atoms with Gasteiger partial charge in [-0.25, -0.2) is 4.98 Å². The lowest BCUT2D eigenvalue weighted by molar-refractivity contribution is 1.00. The molecule has 0 spiro atoms. The maximum absolute atomic E-state index is 4.60. The lowest BCUT2D eigenvalue weighted by Crippen LogP contribution is -2.05. The van der Waals surface area contributed by atoms with Gasteiger partial charge in [-0.3, -0.25) is 0 Å². The molecule has 0 saturated carbocycles. The Balaban J connectivity index is 1.67. The van der Waals surface area contributed by atoms with Gasteiger partial charge in [-0.1, -0.05) is 51.5 Å². The van der Waals surface area contributed by atoms with Crippen LogP contribution >= 0.6 is 27.3 Å². The van der Waals surface area contributed by atoms with E-state index in [0.717, 1.165) is 28.1 Å². The average Bonchev–Trinajstić information content (AvgIpc) is 2.83. The van der Waals surface area contributed by atoms with Crippen LogP contribution in [0.4, 0.5) is 5.13 Å². The highest BCUT2D eigenvalue weighted by atomic mass is 79.9. The minimum atomic E-state index is 0.909. The van der Waals surface area contributed by atoms with Crippen molar-refractivity contribution < 1.29 is 0 Å². The van der Waals surface area contributed by atoms with E-state index in [1.165, 1.54) is 15.8 Å². The van der Waals surface area contributed by atoms with Gasteiger partial charge in [0.1, 0.15) is 0 Å². The van der Waals surface area contributed by atoms with Gasteiger partial charge in [-0.2, -0.15) is 0 Å². The molecule has 0 atom stereocenters. The molecule has 20 heavy (non-hydrogen) atoms. The summed E-state index contributed by atoms with van der Waals surface area (Å²) in [6.07, 6.45) is 1.02. The fraction of sp³-hybridized carbons (Fsp3) is 0.188. The van der Waals surface area contributed by atoms with Crippen molar-refractivity contribution in [2.45, 2.75) is 13.3 Å². The van der Waals surface area contributed by atoms with Crippen LogP contribution in [-0.4, -0.2) is 11.5 Å². The number of hydrogen-bond acceptors (Lipinski definition) is 3. The summed E-state index contributed by atoms with van der Waals surface area (Å²) < 4.78 is 2.29. The third kappa shape index (κ3) is 3.02. The zero-order valence-electron chi connectivity index (χ0n) is 11.2. The first kappa shape index (κ1) is 13.6.